The molecule has 0 saturated heterocycles. The first-order chi connectivity index (χ1) is 9.49. The van der Waals surface area contributed by atoms with E-state index in [2.05, 4.69) is 37.1 Å². The summed E-state index contributed by atoms with van der Waals surface area (Å²) in [7, 11) is 1.95. The summed E-state index contributed by atoms with van der Waals surface area (Å²) in [5.74, 6) is 0.721. The van der Waals surface area contributed by atoms with Gasteiger partial charge in [-0.15, -0.1) is 0 Å². The highest BCUT2D eigenvalue weighted by molar-refractivity contribution is 5.82. The first-order valence-electron chi connectivity index (χ1n) is 7.16. The zero-order valence-corrected chi connectivity index (χ0v) is 12.9. The highest BCUT2D eigenvalue weighted by Gasteiger charge is 2.11. The van der Waals surface area contributed by atoms with Gasteiger partial charge in [-0.25, -0.2) is 4.98 Å². The second-order valence-electron chi connectivity index (χ2n) is 6.33. The van der Waals surface area contributed by atoms with E-state index in [9.17, 15) is 0 Å². The minimum Gasteiger partial charge on any atom is -0.478 e. The molecule has 108 valence electrons. The number of ether oxygens (including phenoxy) is 1. The van der Waals surface area contributed by atoms with Crippen LogP contribution in [0.25, 0.3) is 10.9 Å². The third-order valence-electron chi connectivity index (χ3n) is 3.25. The molecular weight excluding hydrogens is 248 g/mol. The van der Waals surface area contributed by atoms with Crippen LogP contribution in [0, 0.1) is 5.41 Å². The molecule has 0 saturated carbocycles. The zero-order chi connectivity index (χ0) is 14.6. The fourth-order valence-corrected chi connectivity index (χ4v) is 2.09. The molecule has 0 aliphatic rings. The van der Waals surface area contributed by atoms with Crippen LogP contribution >= 0.6 is 0 Å². The average Bonchev–Trinajstić information content (AvgIpc) is 2.37. The minimum atomic E-state index is 0.282. The fourth-order valence-electron chi connectivity index (χ4n) is 2.09. The van der Waals surface area contributed by atoms with Gasteiger partial charge >= 0.3 is 0 Å². The van der Waals surface area contributed by atoms with Crippen molar-refractivity contribution in [3.8, 4) is 5.88 Å². The van der Waals surface area contributed by atoms with Gasteiger partial charge in [-0.1, -0.05) is 39.0 Å². The lowest BCUT2D eigenvalue weighted by Crippen LogP contribution is -2.12. The van der Waals surface area contributed by atoms with Gasteiger partial charge in [0, 0.05) is 18.0 Å². The number of nitrogens with one attached hydrogen (secondary N) is 1. The van der Waals surface area contributed by atoms with Gasteiger partial charge in [-0.3, -0.25) is 0 Å². The summed E-state index contributed by atoms with van der Waals surface area (Å²) in [4.78, 5) is 4.59. The van der Waals surface area contributed by atoms with E-state index in [1.807, 2.05) is 31.3 Å². The van der Waals surface area contributed by atoms with Gasteiger partial charge in [0.2, 0.25) is 5.88 Å². The van der Waals surface area contributed by atoms with Gasteiger partial charge in [0.05, 0.1) is 12.1 Å². The molecule has 1 aromatic carbocycles. The molecule has 20 heavy (non-hydrogen) atoms. The van der Waals surface area contributed by atoms with Crippen molar-refractivity contribution in [2.75, 3.05) is 13.7 Å². The summed E-state index contributed by atoms with van der Waals surface area (Å²) in [6.45, 7) is 8.18. The summed E-state index contributed by atoms with van der Waals surface area (Å²) in [6.07, 6.45) is 1.02. The van der Waals surface area contributed by atoms with Crippen molar-refractivity contribution in [1.29, 1.82) is 0 Å². The molecule has 2 aromatic rings. The van der Waals surface area contributed by atoms with Crippen LogP contribution in [0.15, 0.2) is 30.3 Å². The van der Waals surface area contributed by atoms with Crippen LogP contribution in [0.3, 0.4) is 0 Å². The van der Waals surface area contributed by atoms with E-state index < -0.39 is 0 Å². The summed E-state index contributed by atoms with van der Waals surface area (Å²) in [6, 6.07) is 10.2. The van der Waals surface area contributed by atoms with E-state index >= 15 is 0 Å². The van der Waals surface area contributed by atoms with Crippen LogP contribution in [0.1, 0.15) is 32.8 Å². The number of pyridine rings is 1. The number of hydrogen-bond acceptors (Lipinski definition) is 3. The smallest absolute Gasteiger partial charge is 0.214 e. The van der Waals surface area contributed by atoms with Gasteiger partial charge < -0.3 is 10.1 Å². The predicted octanol–water partition coefficient (Wildman–Crippen LogP) is 3.77. The van der Waals surface area contributed by atoms with Crippen LogP contribution < -0.4 is 10.1 Å². The monoisotopic (exact) mass is 272 g/mol. The van der Waals surface area contributed by atoms with Gasteiger partial charge in [0.1, 0.15) is 0 Å². The van der Waals surface area contributed by atoms with E-state index in [1.165, 1.54) is 10.9 Å². The van der Waals surface area contributed by atoms with Crippen molar-refractivity contribution < 1.29 is 4.74 Å². The van der Waals surface area contributed by atoms with Crippen LogP contribution in [0.2, 0.25) is 0 Å². The van der Waals surface area contributed by atoms with Crippen molar-refractivity contribution in [3.05, 3.63) is 35.9 Å². The Morgan fingerprint density at radius 3 is 2.65 bits per heavy atom. The highest BCUT2D eigenvalue weighted by atomic mass is 16.5. The lowest BCUT2D eigenvalue weighted by atomic mass is 9.93. The molecule has 1 heterocycles. The maximum Gasteiger partial charge on any atom is 0.214 e. The van der Waals surface area contributed by atoms with Gasteiger partial charge in [-0.2, -0.15) is 0 Å². The lowest BCUT2D eigenvalue weighted by Gasteiger charge is -2.18. The van der Waals surface area contributed by atoms with Crippen LogP contribution in [-0.2, 0) is 6.54 Å². The SMILES string of the molecule is CNCc1cc(OCCC(C)(C)C)nc2ccccc12. The maximum absolute atomic E-state index is 5.84. The number of aromatic nitrogens is 1. The predicted molar refractivity (Wildman–Crippen MR) is 84.1 cm³/mol. The lowest BCUT2D eigenvalue weighted by molar-refractivity contribution is 0.237. The summed E-state index contributed by atoms with van der Waals surface area (Å²) in [5, 5.41) is 4.39. The Labute approximate surface area is 121 Å². The molecule has 3 nitrogen and oxygen atoms in total. The van der Waals surface area contributed by atoms with Crippen molar-refractivity contribution in [1.82, 2.24) is 10.3 Å². The minimum absolute atomic E-state index is 0.282. The molecule has 2 rings (SSSR count). The van der Waals surface area contributed by atoms with Gasteiger partial charge in [-0.05, 0) is 30.5 Å². The fraction of sp³-hybridized carbons (Fsp3) is 0.471. The zero-order valence-electron chi connectivity index (χ0n) is 12.9. The number of rotatable bonds is 5. The summed E-state index contributed by atoms with van der Waals surface area (Å²) < 4.78 is 5.84. The van der Waals surface area contributed by atoms with Crippen molar-refractivity contribution >= 4 is 10.9 Å². The van der Waals surface area contributed by atoms with Crippen LogP contribution in [0.5, 0.6) is 5.88 Å². The molecule has 0 aliphatic carbocycles. The molecular formula is C17H24N2O. The number of para-hydroxylation sites is 1. The van der Waals surface area contributed by atoms with E-state index in [0.29, 0.717) is 6.61 Å². The normalized spacial score (nSPS) is 11.8. The average molecular weight is 272 g/mol. The maximum atomic E-state index is 5.84. The Balaban J connectivity index is 2.21. The molecule has 0 spiro atoms. The number of nitrogens with zero attached hydrogens (tertiary/aromatic N) is 1. The molecule has 1 N–H and O–H groups in total. The number of hydrogen-bond donors (Lipinski definition) is 1. The molecule has 0 radical (unpaired) electrons. The van der Waals surface area contributed by atoms with Crippen molar-refractivity contribution in [3.63, 3.8) is 0 Å². The quantitative estimate of drug-likeness (QED) is 0.899. The molecule has 3 heteroatoms. The molecule has 0 atom stereocenters. The standard InChI is InChI=1S/C17H24N2O/c1-17(2,3)9-10-20-16-11-13(12-18-4)14-7-5-6-8-15(14)19-16/h5-8,11,18H,9-10,12H2,1-4H3. The van der Waals surface area contributed by atoms with Crippen LogP contribution in [0.4, 0.5) is 0 Å². The molecule has 1 aromatic heterocycles. The molecule has 0 amide bonds. The Kier molecular flexibility index (Phi) is 4.61. The first-order valence-corrected chi connectivity index (χ1v) is 7.16. The second-order valence-corrected chi connectivity index (χ2v) is 6.33. The third-order valence-corrected chi connectivity index (χ3v) is 3.25. The van der Waals surface area contributed by atoms with Gasteiger partial charge in [0.25, 0.3) is 0 Å². The van der Waals surface area contributed by atoms with E-state index in [0.717, 1.165) is 24.4 Å². The molecule has 0 bridgehead atoms. The van der Waals surface area contributed by atoms with E-state index in [1.54, 1.807) is 0 Å². The number of fused-ring (bicyclic) bond motifs is 1. The third kappa shape index (κ3) is 3.94. The first kappa shape index (κ1) is 14.8. The van der Waals surface area contributed by atoms with Crippen molar-refractivity contribution in [2.45, 2.75) is 33.7 Å². The summed E-state index contributed by atoms with van der Waals surface area (Å²) >= 11 is 0. The van der Waals surface area contributed by atoms with E-state index in [4.69, 9.17) is 4.74 Å². The topological polar surface area (TPSA) is 34.1 Å². The Hall–Kier alpha value is -1.61. The Bertz CT molecular complexity index is 573. The van der Waals surface area contributed by atoms with E-state index in [-0.39, 0.29) is 5.41 Å². The summed E-state index contributed by atoms with van der Waals surface area (Å²) in [5.41, 5.74) is 2.50. The van der Waals surface area contributed by atoms with Gasteiger partial charge in [0.15, 0.2) is 0 Å². The Morgan fingerprint density at radius 2 is 1.95 bits per heavy atom. The second kappa shape index (κ2) is 6.23. The molecule has 0 unspecified atom stereocenters. The van der Waals surface area contributed by atoms with Crippen molar-refractivity contribution in [2.24, 2.45) is 5.41 Å². The largest absolute Gasteiger partial charge is 0.478 e. The molecule has 0 aliphatic heterocycles. The molecule has 0 fully saturated rings. The number of benzene rings is 1. The van der Waals surface area contributed by atoms with Crippen LogP contribution in [-0.4, -0.2) is 18.6 Å². The highest BCUT2D eigenvalue weighted by Crippen LogP contribution is 2.23. The Morgan fingerprint density at radius 1 is 1.20 bits per heavy atom.